The molecular formula is C18H27Cl2N3O. The van der Waals surface area contributed by atoms with E-state index in [1.165, 1.54) is 32.1 Å². The zero-order valence-corrected chi connectivity index (χ0v) is 15.7. The second-order valence-electron chi connectivity index (χ2n) is 6.11. The van der Waals surface area contributed by atoms with Gasteiger partial charge in [0.25, 0.3) is 0 Å². The summed E-state index contributed by atoms with van der Waals surface area (Å²) in [6.45, 7) is 0.640. The van der Waals surface area contributed by atoms with Crippen LogP contribution < -0.4 is 15.8 Å². The summed E-state index contributed by atoms with van der Waals surface area (Å²) in [6.07, 6.45) is 6.52. The van der Waals surface area contributed by atoms with Gasteiger partial charge in [-0.1, -0.05) is 31.4 Å². The summed E-state index contributed by atoms with van der Waals surface area (Å²) in [6, 6.07) is 10.3. The van der Waals surface area contributed by atoms with Crippen LogP contribution in [0, 0.1) is 5.92 Å². The monoisotopic (exact) mass is 371 g/mol. The Morgan fingerprint density at radius 1 is 1.21 bits per heavy atom. The Hall–Kier alpha value is -1.23. The first-order valence-corrected chi connectivity index (χ1v) is 8.22. The first-order chi connectivity index (χ1) is 10.8. The molecule has 1 aliphatic carbocycles. The molecule has 1 aliphatic rings. The van der Waals surface area contributed by atoms with Crippen molar-refractivity contribution in [1.29, 1.82) is 0 Å². The molecule has 1 saturated carbocycles. The van der Waals surface area contributed by atoms with E-state index < -0.39 is 0 Å². The van der Waals surface area contributed by atoms with Crippen LogP contribution in [0.2, 0.25) is 0 Å². The van der Waals surface area contributed by atoms with Crippen molar-refractivity contribution >= 4 is 41.5 Å². The molecule has 1 heterocycles. The Labute approximate surface area is 156 Å². The lowest BCUT2D eigenvalue weighted by Crippen LogP contribution is -2.37. The van der Waals surface area contributed by atoms with Crippen molar-refractivity contribution in [1.82, 2.24) is 4.98 Å². The number of hydrogen-bond donors (Lipinski definition) is 2. The van der Waals surface area contributed by atoms with Crippen molar-refractivity contribution in [3.8, 4) is 5.75 Å². The number of para-hydroxylation sites is 1. The maximum Gasteiger partial charge on any atom is 0.131 e. The van der Waals surface area contributed by atoms with Gasteiger partial charge >= 0.3 is 0 Å². The average molecular weight is 372 g/mol. The summed E-state index contributed by atoms with van der Waals surface area (Å²) in [4.78, 5) is 4.72. The summed E-state index contributed by atoms with van der Waals surface area (Å²) in [7, 11) is 1.70. The molecule has 0 spiro atoms. The molecule has 3 N–H and O–H groups in total. The summed E-state index contributed by atoms with van der Waals surface area (Å²) in [5.74, 6) is 2.36. The summed E-state index contributed by atoms with van der Waals surface area (Å²) < 4.78 is 5.52. The highest BCUT2D eigenvalue weighted by molar-refractivity contribution is 5.87. The number of nitrogens with zero attached hydrogens (tertiary/aromatic N) is 1. The first kappa shape index (κ1) is 20.8. The number of methoxy groups -OCH3 is 1. The summed E-state index contributed by atoms with van der Waals surface area (Å²) in [5.41, 5.74) is 6.96. The Balaban J connectivity index is 0.00000144. The van der Waals surface area contributed by atoms with Crippen molar-refractivity contribution in [3.63, 3.8) is 0 Å². The molecule has 1 aromatic heterocycles. The lowest BCUT2D eigenvalue weighted by Gasteiger charge is -2.30. The molecule has 2 aromatic rings. The number of pyridine rings is 1. The number of hydrogen-bond acceptors (Lipinski definition) is 4. The fourth-order valence-corrected chi connectivity index (χ4v) is 3.48. The molecule has 1 fully saturated rings. The van der Waals surface area contributed by atoms with E-state index in [9.17, 15) is 0 Å². The molecule has 6 heteroatoms. The number of benzene rings is 1. The molecule has 4 nitrogen and oxygen atoms in total. The average Bonchev–Trinajstić information content (AvgIpc) is 2.59. The van der Waals surface area contributed by atoms with E-state index >= 15 is 0 Å². The minimum atomic E-state index is 0. The molecule has 0 bridgehead atoms. The molecular weight excluding hydrogens is 345 g/mol. The van der Waals surface area contributed by atoms with E-state index in [1.807, 2.05) is 30.3 Å². The molecule has 134 valence electrons. The van der Waals surface area contributed by atoms with Gasteiger partial charge in [-0.2, -0.15) is 0 Å². The number of anilines is 1. The highest BCUT2D eigenvalue weighted by Crippen LogP contribution is 2.30. The van der Waals surface area contributed by atoms with Crippen LogP contribution in [-0.2, 0) is 0 Å². The minimum absolute atomic E-state index is 0. The Kier molecular flexibility index (Phi) is 8.60. The molecule has 1 atom stereocenters. The number of nitrogens with one attached hydrogen (secondary N) is 1. The van der Waals surface area contributed by atoms with Crippen LogP contribution in [0.1, 0.15) is 32.1 Å². The molecule has 24 heavy (non-hydrogen) atoms. The third-order valence-corrected chi connectivity index (χ3v) is 4.70. The van der Waals surface area contributed by atoms with Crippen molar-refractivity contribution in [2.75, 3.05) is 19.0 Å². The zero-order chi connectivity index (χ0) is 15.4. The lowest BCUT2D eigenvalue weighted by molar-refractivity contribution is 0.320. The standard InChI is InChI=1S/C18H25N3O.2ClH/c1-22-17-11-18(20-15-10-6-5-9-14(15)17)21-16(12-19)13-7-3-2-4-8-13;;/h5-6,9-11,13,16H,2-4,7-8,12,19H2,1H3,(H,20,21);2*1H. The van der Waals surface area contributed by atoms with Gasteiger partial charge in [0.1, 0.15) is 11.6 Å². The van der Waals surface area contributed by atoms with Crippen LogP contribution in [0.4, 0.5) is 5.82 Å². The smallest absolute Gasteiger partial charge is 0.131 e. The van der Waals surface area contributed by atoms with Gasteiger partial charge in [0.15, 0.2) is 0 Å². The van der Waals surface area contributed by atoms with Gasteiger partial charge in [0.2, 0.25) is 0 Å². The van der Waals surface area contributed by atoms with Crippen molar-refractivity contribution in [2.24, 2.45) is 11.7 Å². The van der Waals surface area contributed by atoms with E-state index in [0.29, 0.717) is 18.5 Å². The molecule has 1 unspecified atom stereocenters. The maximum absolute atomic E-state index is 6.01. The van der Waals surface area contributed by atoms with Crippen molar-refractivity contribution < 1.29 is 4.74 Å². The topological polar surface area (TPSA) is 60.2 Å². The first-order valence-electron chi connectivity index (χ1n) is 8.22. The number of ether oxygens (including phenoxy) is 1. The Bertz CT molecular complexity index is 633. The molecule has 0 saturated heterocycles. The largest absolute Gasteiger partial charge is 0.496 e. The Morgan fingerprint density at radius 3 is 2.58 bits per heavy atom. The number of fused-ring (bicyclic) bond motifs is 1. The van der Waals surface area contributed by atoms with Crippen LogP contribution in [0.25, 0.3) is 10.9 Å². The predicted octanol–water partition coefficient (Wildman–Crippen LogP) is 4.41. The van der Waals surface area contributed by atoms with Crippen molar-refractivity contribution in [2.45, 2.75) is 38.1 Å². The number of nitrogens with two attached hydrogens (primary N) is 1. The maximum atomic E-state index is 6.01. The van der Waals surface area contributed by atoms with E-state index in [1.54, 1.807) is 7.11 Å². The SMILES string of the molecule is COc1cc(NC(CN)C2CCCCC2)nc2ccccc12.Cl.Cl. The highest BCUT2D eigenvalue weighted by Gasteiger charge is 2.23. The second-order valence-corrected chi connectivity index (χ2v) is 6.11. The molecule has 0 amide bonds. The number of aromatic nitrogens is 1. The Morgan fingerprint density at radius 2 is 1.92 bits per heavy atom. The van der Waals surface area contributed by atoms with Gasteiger partial charge in [-0.25, -0.2) is 4.98 Å². The highest BCUT2D eigenvalue weighted by atomic mass is 35.5. The number of rotatable bonds is 5. The van der Waals surface area contributed by atoms with E-state index in [4.69, 9.17) is 15.5 Å². The van der Waals surface area contributed by atoms with Gasteiger partial charge in [-0.15, -0.1) is 24.8 Å². The van der Waals surface area contributed by atoms with Crippen LogP contribution in [0.3, 0.4) is 0 Å². The predicted molar refractivity (Wildman–Crippen MR) is 106 cm³/mol. The third-order valence-electron chi connectivity index (χ3n) is 4.70. The van der Waals surface area contributed by atoms with Gasteiger partial charge in [0, 0.05) is 24.0 Å². The van der Waals surface area contributed by atoms with Crippen LogP contribution in [-0.4, -0.2) is 24.7 Å². The van der Waals surface area contributed by atoms with E-state index in [2.05, 4.69) is 5.32 Å². The fourth-order valence-electron chi connectivity index (χ4n) is 3.48. The van der Waals surface area contributed by atoms with Crippen LogP contribution in [0.15, 0.2) is 30.3 Å². The minimum Gasteiger partial charge on any atom is -0.496 e. The second kappa shape index (κ2) is 9.92. The summed E-state index contributed by atoms with van der Waals surface area (Å²) in [5, 5.41) is 4.59. The zero-order valence-electron chi connectivity index (χ0n) is 14.0. The molecule has 1 aromatic carbocycles. The van der Waals surface area contributed by atoms with Crippen molar-refractivity contribution in [3.05, 3.63) is 30.3 Å². The fraction of sp³-hybridized carbons (Fsp3) is 0.500. The van der Waals surface area contributed by atoms with Crippen LogP contribution in [0.5, 0.6) is 5.75 Å². The normalized spacial score (nSPS) is 15.9. The van der Waals surface area contributed by atoms with Gasteiger partial charge in [0.05, 0.1) is 12.6 Å². The van der Waals surface area contributed by atoms with Gasteiger partial charge in [-0.3, -0.25) is 0 Å². The number of halogens is 2. The van der Waals surface area contributed by atoms with E-state index in [0.717, 1.165) is 22.5 Å². The van der Waals surface area contributed by atoms with E-state index in [-0.39, 0.29) is 24.8 Å². The third kappa shape index (κ3) is 4.65. The lowest BCUT2D eigenvalue weighted by atomic mass is 9.84. The quantitative estimate of drug-likeness (QED) is 0.816. The summed E-state index contributed by atoms with van der Waals surface area (Å²) >= 11 is 0. The van der Waals surface area contributed by atoms with Gasteiger partial charge < -0.3 is 15.8 Å². The molecule has 3 rings (SSSR count). The van der Waals surface area contributed by atoms with Gasteiger partial charge in [-0.05, 0) is 30.9 Å². The van der Waals surface area contributed by atoms with Crippen LogP contribution >= 0.6 is 24.8 Å². The molecule has 0 radical (unpaired) electrons. The molecule has 0 aliphatic heterocycles.